The molecule has 0 aromatic heterocycles. The Morgan fingerprint density at radius 2 is 1.76 bits per heavy atom. The number of esters is 1. The van der Waals surface area contributed by atoms with E-state index in [1.807, 2.05) is 13.0 Å². The number of benzene rings is 1. The summed E-state index contributed by atoms with van der Waals surface area (Å²) in [5, 5.41) is 0.0477. The third-order valence-corrected chi connectivity index (χ3v) is 10.4. The molecule has 0 spiro atoms. The highest BCUT2D eigenvalue weighted by atomic mass is 28.4. The lowest BCUT2D eigenvalue weighted by Gasteiger charge is -2.36. The van der Waals surface area contributed by atoms with Crippen LogP contribution in [0, 0.1) is 6.92 Å². The van der Waals surface area contributed by atoms with Crippen LogP contribution in [0.25, 0.3) is 0 Å². The molecule has 6 nitrogen and oxygen atoms in total. The second-order valence-corrected chi connectivity index (χ2v) is 13.9. The summed E-state index contributed by atoms with van der Waals surface area (Å²) in [6.07, 6.45) is 1.51. The summed E-state index contributed by atoms with van der Waals surface area (Å²) in [6.45, 7) is 16.5. The zero-order valence-electron chi connectivity index (χ0n) is 18.9. The minimum absolute atomic E-state index is 0.0477. The quantitative estimate of drug-likeness (QED) is 0.461. The second-order valence-electron chi connectivity index (χ2n) is 9.07. The summed E-state index contributed by atoms with van der Waals surface area (Å²) in [6, 6.07) is 3.51. The molecular weight excluding hydrogens is 386 g/mol. The van der Waals surface area contributed by atoms with E-state index in [1.165, 1.54) is 0 Å². The Hall–Kier alpha value is -1.86. The van der Waals surface area contributed by atoms with Gasteiger partial charge in [0.1, 0.15) is 5.56 Å². The second kappa shape index (κ2) is 9.30. The molecule has 162 valence electrons. The number of amides is 1. The maximum absolute atomic E-state index is 12.7. The minimum Gasteiger partial charge on any atom is -0.462 e. The van der Waals surface area contributed by atoms with Crippen molar-refractivity contribution in [1.82, 2.24) is 4.90 Å². The van der Waals surface area contributed by atoms with Crippen molar-refractivity contribution in [2.45, 2.75) is 72.2 Å². The van der Waals surface area contributed by atoms with Gasteiger partial charge in [-0.2, -0.15) is 0 Å². The van der Waals surface area contributed by atoms with Crippen molar-refractivity contribution >= 4 is 20.4 Å². The number of ether oxygens (including phenoxy) is 2. The average Bonchev–Trinajstić information content (AvgIpc) is 3.15. The Kier molecular flexibility index (Phi) is 7.51. The molecular formula is C22H35NO5Si. The van der Waals surface area contributed by atoms with Gasteiger partial charge in [0.05, 0.1) is 13.2 Å². The smallest absolute Gasteiger partial charge is 0.415 e. The Balaban J connectivity index is 2.40. The molecule has 0 radical (unpaired) electrons. The van der Waals surface area contributed by atoms with Crippen molar-refractivity contribution in [3.8, 4) is 5.75 Å². The first-order chi connectivity index (χ1) is 13.5. The van der Waals surface area contributed by atoms with Crippen LogP contribution in [-0.4, -0.2) is 45.0 Å². The van der Waals surface area contributed by atoms with Gasteiger partial charge in [0.25, 0.3) is 0 Å². The fraction of sp³-hybridized carbons (Fsp3) is 0.636. The molecule has 0 unspecified atom stereocenters. The number of aryl methyl sites for hydroxylation is 1. The molecule has 29 heavy (non-hydrogen) atoms. The third-order valence-electron chi connectivity index (χ3n) is 5.93. The third kappa shape index (κ3) is 5.60. The number of carbonyl (C=O) groups excluding carboxylic acids is 2. The van der Waals surface area contributed by atoms with Gasteiger partial charge in [-0.1, -0.05) is 26.8 Å². The van der Waals surface area contributed by atoms with Gasteiger partial charge in [-0.05, 0) is 56.5 Å². The van der Waals surface area contributed by atoms with Gasteiger partial charge in [0.15, 0.2) is 14.1 Å². The van der Waals surface area contributed by atoms with Crippen LogP contribution in [0.5, 0.6) is 5.75 Å². The zero-order valence-corrected chi connectivity index (χ0v) is 19.9. The van der Waals surface area contributed by atoms with Crippen molar-refractivity contribution < 1.29 is 23.5 Å². The van der Waals surface area contributed by atoms with Gasteiger partial charge in [0, 0.05) is 18.7 Å². The number of likely N-dealkylation sites (tertiary alicyclic amines) is 1. The van der Waals surface area contributed by atoms with E-state index in [1.54, 1.807) is 17.9 Å². The summed E-state index contributed by atoms with van der Waals surface area (Å²) in [5.74, 6) is -0.232. The van der Waals surface area contributed by atoms with Gasteiger partial charge >= 0.3 is 12.1 Å². The Morgan fingerprint density at radius 3 is 2.31 bits per heavy atom. The lowest BCUT2D eigenvalue weighted by molar-refractivity contribution is 0.0522. The molecule has 0 N–H and O–H groups in total. The average molecular weight is 422 g/mol. The molecule has 1 heterocycles. The molecule has 1 amide bonds. The molecule has 1 fully saturated rings. The normalized spacial score (nSPS) is 14.8. The fourth-order valence-corrected chi connectivity index (χ4v) is 3.85. The van der Waals surface area contributed by atoms with Crippen molar-refractivity contribution in [1.29, 1.82) is 0 Å². The van der Waals surface area contributed by atoms with E-state index >= 15 is 0 Å². The molecule has 1 aromatic carbocycles. The monoisotopic (exact) mass is 421 g/mol. The summed E-state index contributed by atoms with van der Waals surface area (Å²) >= 11 is 0. The van der Waals surface area contributed by atoms with Gasteiger partial charge in [-0.25, -0.2) is 9.59 Å². The highest BCUT2D eigenvalue weighted by Gasteiger charge is 2.37. The standard InChI is InChI=1S/C22H35NO5Si/c1-8-26-20(24)17-12-11-16(2)18(15-27-29(6,7)22(3,4)5)19(17)28-21(25)23-13-9-10-14-23/h11-12H,8-10,13-15H2,1-7H3. The van der Waals surface area contributed by atoms with Crippen LogP contribution in [-0.2, 0) is 15.8 Å². The molecule has 7 heteroatoms. The van der Waals surface area contributed by atoms with E-state index < -0.39 is 20.4 Å². The molecule has 0 atom stereocenters. The molecule has 1 aliphatic heterocycles. The predicted octanol–water partition coefficient (Wildman–Crippen LogP) is 5.29. The Bertz CT molecular complexity index is 748. The van der Waals surface area contributed by atoms with E-state index in [0.29, 0.717) is 13.1 Å². The maximum atomic E-state index is 12.7. The highest BCUT2D eigenvalue weighted by molar-refractivity contribution is 6.74. The molecule has 0 bridgehead atoms. The summed E-state index contributed by atoms with van der Waals surface area (Å²) < 4.78 is 17.4. The van der Waals surface area contributed by atoms with Gasteiger partial charge in [-0.3, -0.25) is 0 Å². The Labute approximate surface area is 175 Å². The van der Waals surface area contributed by atoms with Crippen molar-refractivity contribution in [3.05, 3.63) is 28.8 Å². The SMILES string of the molecule is CCOC(=O)c1ccc(C)c(CO[Si](C)(C)C(C)(C)C)c1OC(=O)N1CCCC1. The topological polar surface area (TPSA) is 65.1 Å². The first-order valence-electron chi connectivity index (χ1n) is 10.4. The van der Waals surface area contributed by atoms with Gasteiger partial charge in [0.2, 0.25) is 0 Å². The lowest BCUT2D eigenvalue weighted by Crippen LogP contribution is -2.40. The summed E-state index contributed by atoms with van der Waals surface area (Å²) in [4.78, 5) is 26.9. The van der Waals surface area contributed by atoms with E-state index in [-0.39, 0.29) is 29.6 Å². The van der Waals surface area contributed by atoms with E-state index in [2.05, 4.69) is 33.9 Å². The van der Waals surface area contributed by atoms with Crippen LogP contribution in [0.2, 0.25) is 18.1 Å². The van der Waals surface area contributed by atoms with Crippen LogP contribution < -0.4 is 4.74 Å². The van der Waals surface area contributed by atoms with Gasteiger partial charge in [-0.15, -0.1) is 0 Å². The first-order valence-corrected chi connectivity index (χ1v) is 13.3. The van der Waals surface area contributed by atoms with Crippen LogP contribution in [0.3, 0.4) is 0 Å². The fourth-order valence-electron chi connectivity index (χ4n) is 2.91. The van der Waals surface area contributed by atoms with Gasteiger partial charge < -0.3 is 18.8 Å². The number of nitrogens with zero attached hydrogens (tertiary/aromatic N) is 1. The van der Waals surface area contributed by atoms with E-state index in [0.717, 1.165) is 24.0 Å². The number of rotatable bonds is 6. The van der Waals surface area contributed by atoms with Crippen LogP contribution in [0.1, 0.15) is 62.0 Å². The molecule has 1 aromatic rings. The lowest BCUT2D eigenvalue weighted by atomic mass is 10.0. The molecule has 2 rings (SSSR count). The van der Waals surface area contributed by atoms with Crippen LogP contribution in [0.4, 0.5) is 4.79 Å². The van der Waals surface area contributed by atoms with Crippen LogP contribution >= 0.6 is 0 Å². The number of hydrogen-bond acceptors (Lipinski definition) is 5. The largest absolute Gasteiger partial charge is 0.462 e. The first kappa shape index (κ1) is 23.4. The molecule has 1 saturated heterocycles. The molecule has 0 saturated carbocycles. The Morgan fingerprint density at radius 1 is 1.14 bits per heavy atom. The predicted molar refractivity (Wildman–Crippen MR) is 116 cm³/mol. The van der Waals surface area contributed by atoms with Crippen molar-refractivity contribution in [3.63, 3.8) is 0 Å². The van der Waals surface area contributed by atoms with Crippen molar-refractivity contribution in [2.24, 2.45) is 0 Å². The van der Waals surface area contributed by atoms with E-state index in [4.69, 9.17) is 13.9 Å². The zero-order chi connectivity index (χ0) is 21.8. The summed E-state index contributed by atoms with van der Waals surface area (Å²) in [5.41, 5.74) is 1.91. The van der Waals surface area contributed by atoms with E-state index in [9.17, 15) is 9.59 Å². The number of hydrogen-bond donors (Lipinski definition) is 0. The number of carbonyl (C=O) groups is 2. The molecule has 0 aliphatic carbocycles. The van der Waals surface area contributed by atoms with Crippen molar-refractivity contribution in [2.75, 3.05) is 19.7 Å². The highest BCUT2D eigenvalue weighted by Crippen LogP contribution is 2.38. The minimum atomic E-state index is -2.03. The molecule has 1 aliphatic rings. The summed E-state index contributed by atoms with van der Waals surface area (Å²) in [7, 11) is -2.03. The van der Waals surface area contributed by atoms with Crippen LogP contribution in [0.15, 0.2) is 12.1 Å². The maximum Gasteiger partial charge on any atom is 0.415 e.